The third kappa shape index (κ3) is 5.84. The van der Waals surface area contributed by atoms with Crippen LogP contribution in [0.15, 0.2) is 18.2 Å². The number of benzene rings is 1. The van der Waals surface area contributed by atoms with Crippen molar-refractivity contribution in [3.8, 4) is 5.75 Å². The molecule has 1 aliphatic carbocycles. The maximum absolute atomic E-state index is 11.8. The summed E-state index contributed by atoms with van der Waals surface area (Å²) in [4.78, 5) is 25.4. The van der Waals surface area contributed by atoms with Gasteiger partial charge in [-0.1, -0.05) is 33.1 Å². The minimum atomic E-state index is -0.824. The van der Waals surface area contributed by atoms with E-state index in [4.69, 9.17) is 9.47 Å². The Morgan fingerprint density at radius 3 is 2.50 bits per heavy atom. The van der Waals surface area contributed by atoms with Crippen molar-refractivity contribution in [3.63, 3.8) is 0 Å². The zero-order valence-corrected chi connectivity index (χ0v) is 17.3. The predicted molar refractivity (Wildman–Crippen MR) is 109 cm³/mol. The number of anilines is 1. The number of ether oxygens (including phenoxy) is 2. The summed E-state index contributed by atoms with van der Waals surface area (Å²) in [6, 6.07) is 5.19. The van der Waals surface area contributed by atoms with E-state index in [0.717, 1.165) is 32.2 Å². The van der Waals surface area contributed by atoms with Crippen molar-refractivity contribution in [2.24, 2.45) is 5.92 Å². The fourth-order valence-electron chi connectivity index (χ4n) is 3.71. The Morgan fingerprint density at radius 2 is 1.93 bits per heavy atom. The molecule has 0 spiro atoms. The molecule has 0 bridgehead atoms. The lowest BCUT2D eigenvalue weighted by molar-refractivity contribution is -0.384. The summed E-state index contributed by atoms with van der Waals surface area (Å²) in [5, 5.41) is 11.8. The van der Waals surface area contributed by atoms with Gasteiger partial charge >= 0.3 is 5.97 Å². The van der Waals surface area contributed by atoms with Gasteiger partial charge in [-0.2, -0.15) is 0 Å². The standard InChI is InChI=1S/C21H32N2O5/c1-5-27-21(24)16(4)28-18-11-12-19(20(13-18)23(25)26)22(14-15(2)3)17-9-7-6-8-10-17/h11-13,15-17H,5-10,14H2,1-4H3. The summed E-state index contributed by atoms with van der Waals surface area (Å²) < 4.78 is 10.5. The third-order valence-electron chi connectivity index (χ3n) is 4.96. The number of nitrogens with zero attached hydrogens (tertiary/aromatic N) is 2. The molecule has 1 unspecified atom stereocenters. The van der Waals surface area contributed by atoms with Crippen molar-refractivity contribution < 1.29 is 19.2 Å². The van der Waals surface area contributed by atoms with Gasteiger partial charge < -0.3 is 14.4 Å². The second kappa shape index (κ2) is 10.3. The van der Waals surface area contributed by atoms with Crippen molar-refractivity contribution in [2.45, 2.75) is 71.9 Å². The molecule has 0 amide bonds. The maximum Gasteiger partial charge on any atom is 0.347 e. The van der Waals surface area contributed by atoms with E-state index in [1.54, 1.807) is 26.0 Å². The molecule has 0 N–H and O–H groups in total. The number of nitro benzene ring substituents is 1. The van der Waals surface area contributed by atoms with Crippen LogP contribution in [0, 0.1) is 16.0 Å². The van der Waals surface area contributed by atoms with Crippen LogP contribution in [0.3, 0.4) is 0 Å². The Morgan fingerprint density at radius 1 is 1.25 bits per heavy atom. The zero-order valence-electron chi connectivity index (χ0n) is 17.3. The highest BCUT2D eigenvalue weighted by molar-refractivity contribution is 5.75. The van der Waals surface area contributed by atoms with E-state index in [0.29, 0.717) is 23.4 Å². The van der Waals surface area contributed by atoms with E-state index < -0.39 is 12.1 Å². The van der Waals surface area contributed by atoms with Gasteiger partial charge in [-0.3, -0.25) is 10.1 Å². The van der Waals surface area contributed by atoms with E-state index in [1.807, 2.05) is 0 Å². The van der Waals surface area contributed by atoms with Crippen molar-refractivity contribution in [1.82, 2.24) is 0 Å². The van der Waals surface area contributed by atoms with Crippen molar-refractivity contribution in [3.05, 3.63) is 28.3 Å². The quantitative estimate of drug-likeness (QED) is 0.343. The number of nitro groups is 1. The van der Waals surface area contributed by atoms with Crippen molar-refractivity contribution in [1.29, 1.82) is 0 Å². The van der Waals surface area contributed by atoms with Crippen LogP contribution in [-0.2, 0) is 9.53 Å². The highest BCUT2D eigenvalue weighted by Crippen LogP contribution is 2.37. The van der Waals surface area contributed by atoms with E-state index in [1.165, 1.54) is 12.5 Å². The lowest BCUT2D eigenvalue weighted by Crippen LogP contribution is -2.39. The predicted octanol–water partition coefficient (Wildman–Crippen LogP) is 4.72. The fraction of sp³-hybridized carbons (Fsp3) is 0.667. The number of esters is 1. The molecule has 1 atom stereocenters. The first-order valence-corrected chi connectivity index (χ1v) is 10.2. The van der Waals surface area contributed by atoms with Gasteiger partial charge in [-0.05, 0) is 44.7 Å². The molecule has 1 fully saturated rings. The molecule has 1 aromatic rings. The van der Waals surface area contributed by atoms with Crippen LogP contribution in [-0.4, -0.2) is 36.2 Å². The topological polar surface area (TPSA) is 81.9 Å². The first-order chi connectivity index (χ1) is 13.3. The van der Waals surface area contributed by atoms with E-state index >= 15 is 0 Å². The van der Waals surface area contributed by atoms with Gasteiger partial charge in [0.2, 0.25) is 0 Å². The minimum Gasteiger partial charge on any atom is -0.479 e. The van der Waals surface area contributed by atoms with Crippen LogP contribution >= 0.6 is 0 Å². The molecule has 1 aliphatic rings. The Labute approximate surface area is 167 Å². The van der Waals surface area contributed by atoms with Gasteiger partial charge in [-0.25, -0.2) is 4.79 Å². The van der Waals surface area contributed by atoms with Crippen LogP contribution in [0.1, 0.15) is 59.8 Å². The summed E-state index contributed by atoms with van der Waals surface area (Å²) in [6.45, 7) is 8.58. The van der Waals surface area contributed by atoms with Gasteiger partial charge in [0.15, 0.2) is 6.10 Å². The molecule has 1 aromatic carbocycles. The fourth-order valence-corrected chi connectivity index (χ4v) is 3.71. The molecule has 0 saturated heterocycles. The Bertz CT molecular complexity index is 671. The minimum absolute atomic E-state index is 0.0137. The first-order valence-electron chi connectivity index (χ1n) is 10.2. The number of rotatable bonds is 9. The van der Waals surface area contributed by atoms with Gasteiger partial charge in [0.1, 0.15) is 11.4 Å². The molecule has 28 heavy (non-hydrogen) atoms. The molecule has 0 aromatic heterocycles. The molecule has 7 heteroatoms. The van der Waals surface area contributed by atoms with Gasteiger partial charge in [0.05, 0.1) is 17.6 Å². The van der Waals surface area contributed by atoms with Crippen LogP contribution in [0.4, 0.5) is 11.4 Å². The van der Waals surface area contributed by atoms with Crippen LogP contribution in [0.5, 0.6) is 5.75 Å². The van der Waals surface area contributed by atoms with Crippen molar-refractivity contribution >= 4 is 17.3 Å². The second-order valence-corrected chi connectivity index (χ2v) is 7.76. The largest absolute Gasteiger partial charge is 0.479 e. The van der Waals surface area contributed by atoms with Crippen LogP contribution in [0.25, 0.3) is 0 Å². The summed E-state index contributed by atoms with van der Waals surface area (Å²) in [6.07, 6.45) is 4.84. The highest BCUT2D eigenvalue weighted by atomic mass is 16.6. The van der Waals surface area contributed by atoms with Gasteiger partial charge in [0, 0.05) is 12.6 Å². The van der Waals surface area contributed by atoms with E-state index in [2.05, 4.69) is 18.7 Å². The summed E-state index contributed by atoms with van der Waals surface area (Å²) >= 11 is 0. The molecule has 0 radical (unpaired) electrons. The first kappa shape index (κ1) is 22.0. The summed E-state index contributed by atoms with van der Waals surface area (Å²) in [5.74, 6) is 0.198. The lowest BCUT2D eigenvalue weighted by Gasteiger charge is -2.37. The zero-order chi connectivity index (χ0) is 20.7. The van der Waals surface area contributed by atoms with Gasteiger partial charge in [0.25, 0.3) is 5.69 Å². The smallest absolute Gasteiger partial charge is 0.347 e. The number of carbonyl (C=O) groups is 1. The molecule has 0 heterocycles. The molecule has 7 nitrogen and oxygen atoms in total. The number of hydrogen-bond donors (Lipinski definition) is 0. The second-order valence-electron chi connectivity index (χ2n) is 7.76. The molecule has 2 rings (SSSR count). The average molecular weight is 392 g/mol. The molecular weight excluding hydrogens is 360 g/mol. The third-order valence-corrected chi connectivity index (χ3v) is 4.96. The van der Waals surface area contributed by atoms with Crippen LogP contribution in [0.2, 0.25) is 0 Å². The molecule has 1 saturated carbocycles. The lowest BCUT2D eigenvalue weighted by atomic mass is 9.93. The molecular formula is C21H32N2O5. The average Bonchev–Trinajstić information content (AvgIpc) is 2.67. The maximum atomic E-state index is 11.8. The monoisotopic (exact) mass is 392 g/mol. The highest BCUT2D eigenvalue weighted by Gasteiger charge is 2.28. The van der Waals surface area contributed by atoms with Crippen LogP contribution < -0.4 is 9.64 Å². The van der Waals surface area contributed by atoms with Gasteiger partial charge in [-0.15, -0.1) is 0 Å². The van der Waals surface area contributed by atoms with E-state index in [9.17, 15) is 14.9 Å². The number of carbonyl (C=O) groups excluding carboxylic acids is 1. The summed E-state index contributed by atoms with van der Waals surface area (Å²) in [7, 11) is 0. The Hall–Kier alpha value is -2.31. The Kier molecular flexibility index (Phi) is 8.08. The van der Waals surface area contributed by atoms with E-state index in [-0.39, 0.29) is 17.2 Å². The summed E-state index contributed by atoms with van der Waals surface area (Å²) in [5.41, 5.74) is 0.640. The molecule has 0 aliphatic heterocycles. The molecule has 156 valence electrons. The normalized spacial score (nSPS) is 15.9. The Balaban J connectivity index is 2.31. The SMILES string of the molecule is CCOC(=O)C(C)Oc1ccc(N(CC(C)C)C2CCCCC2)c([N+](=O)[O-])c1. The van der Waals surface area contributed by atoms with Crippen molar-refractivity contribution in [2.75, 3.05) is 18.1 Å². The number of hydrogen-bond acceptors (Lipinski definition) is 6.